The normalized spacial score (nSPS) is 14.2. The molecule has 0 aliphatic heterocycles. The first-order valence-corrected chi connectivity index (χ1v) is 7.19. The molecule has 1 aromatic rings. The molecular weight excluding hydrogens is 313 g/mol. The van der Waals surface area contributed by atoms with Crippen molar-refractivity contribution >= 4 is 11.6 Å². The summed E-state index contributed by atoms with van der Waals surface area (Å²) in [7, 11) is 0. The van der Waals surface area contributed by atoms with Crippen LogP contribution in [-0.2, 0) is 4.79 Å². The minimum absolute atomic E-state index is 0.0677. The number of hydrogen-bond donors (Lipinski definition) is 3. The van der Waals surface area contributed by atoms with E-state index in [4.69, 9.17) is 5.11 Å². The second kappa shape index (κ2) is 8.73. The standard InChI is InChI=1S/C15H21F3N2O3/c1-10(9-21)8-19-11(2)7-14(22)20-12-3-5-13(6-4-12)23-15(16,17)18/h3-6,10-11,19,21H,7-9H2,1-2H3,(H,20,22). The summed E-state index contributed by atoms with van der Waals surface area (Å²) in [5.41, 5.74) is 0.389. The number of ether oxygens (including phenoxy) is 1. The van der Waals surface area contributed by atoms with Gasteiger partial charge in [0.25, 0.3) is 0 Å². The number of halogens is 3. The van der Waals surface area contributed by atoms with E-state index < -0.39 is 6.36 Å². The number of amides is 1. The van der Waals surface area contributed by atoms with E-state index in [1.807, 2.05) is 13.8 Å². The lowest BCUT2D eigenvalue weighted by Crippen LogP contribution is -2.34. The summed E-state index contributed by atoms with van der Waals surface area (Å²) in [4.78, 5) is 11.8. The third-order valence-corrected chi connectivity index (χ3v) is 2.99. The smallest absolute Gasteiger partial charge is 0.406 e. The molecule has 130 valence electrons. The van der Waals surface area contributed by atoms with E-state index in [9.17, 15) is 18.0 Å². The molecule has 3 N–H and O–H groups in total. The molecule has 23 heavy (non-hydrogen) atoms. The number of benzene rings is 1. The number of aliphatic hydroxyl groups excluding tert-OH is 1. The fraction of sp³-hybridized carbons (Fsp3) is 0.533. The molecule has 5 nitrogen and oxygen atoms in total. The van der Waals surface area contributed by atoms with Crippen LogP contribution in [0.3, 0.4) is 0 Å². The van der Waals surface area contributed by atoms with Crippen LogP contribution in [0.1, 0.15) is 20.3 Å². The van der Waals surface area contributed by atoms with Crippen molar-refractivity contribution in [3.8, 4) is 5.75 Å². The van der Waals surface area contributed by atoms with Crippen molar-refractivity contribution in [1.29, 1.82) is 0 Å². The van der Waals surface area contributed by atoms with Crippen LogP contribution in [0.5, 0.6) is 5.75 Å². The Morgan fingerprint density at radius 1 is 1.26 bits per heavy atom. The molecule has 0 bridgehead atoms. The summed E-state index contributed by atoms with van der Waals surface area (Å²) < 4.78 is 39.9. The number of aliphatic hydroxyl groups is 1. The Bertz CT molecular complexity index is 492. The van der Waals surface area contributed by atoms with Crippen molar-refractivity contribution in [3.63, 3.8) is 0 Å². The highest BCUT2D eigenvalue weighted by molar-refractivity contribution is 5.91. The van der Waals surface area contributed by atoms with Gasteiger partial charge in [0.1, 0.15) is 5.75 Å². The van der Waals surface area contributed by atoms with Gasteiger partial charge in [-0.2, -0.15) is 0 Å². The largest absolute Gasteiger partial charge is 0.573 e. The Morgan fingerprint density at radius 2 is 1.87 bits per heavy atom. The third kappa shape index (κ3) is 8.41. The van der Waals surface area contributed by atoms with Crippen LogP contribution in [0.15, 0.2) is 24.3 Å². The molecular formula is C15H21F3N2O3. The maximum absolute atomic E-state index is 12.0. The molecule has 0 aliphatic rings. The number of carbonyl (C=O) groups excluding carboxylic acids is 1. The van der Waals surface area contributed by atoms with Crippen LogP contribution in [-0.4, -0.2) is 36.6 Å². The fourth-order valence-electron chi connectivity index (χ4n) is 1.77. The minimum Gasteiger partial charge on any atom is -0.406 e. The quantitative estimate of drug-likeness (QED) is 0.683. The maximum atomic E-state index is 12.0. The maximum Gasteiger partial charge on any atom is 0.573 e. The molecule has 1 rings (SSSR count). The van der Waals surface area contributed by atoms with Gasteiger partial charge >= 0.3 is 6.36 Å². The zero-order chi connectivity index (χ0) is 17.5. The second-order valence-electron chi connectivity index (χ2n) is 5.42. The first-order chi connectivity index (χ1) is 10.7. The molecule has 0 radical (unpaired) electrons. The van der Waals surface area contributed by atoms with Crippen molar-refractivity contribution in [2.75, 3.05) is 18.5 Å². The Labute approximate surface area is 132 Å². The molecule has 0 aliphatic carbocycles. The third-order valence-electron chi connectivity index (χ3n) is 2.99. The molecule has 0 spiro atoms. The fourth-order valence-corrected chi connectivity index (χ4v) is 1.77. The van der Waals surface area contributed by atoms with Gasteiger partial charge in [-0.25, -0.2) is 0 Å². The molecule has 0 aromatic heterocycles. The number of rotatable bonds is 8. The van der Waals surface area contributed by atoms with Gasteiger partial charge < -0.3 is 20.5 Å². The SMILES string of the molecule is CC(CO)CNC(C)CC(=O)Nc1ccc(OC(F)(F)F)cc1. The molecule has 0 heterocycles. The molecule has 1 amide bonds. The number of hydrogen-bond acceptors (Lipinski definition) is 4. The summed E-state index contributed by atoms with van der Waals surface area (Å²) in [5.74, 6) is -0.503. The van der Waals surface area contributed by atoms with Crippen molar-refractivity contribution in [2.24, 2.45) is 5.92 Å². The van der Waals surface area contributed by atoms with Gasteiger partial charge in [-0.1, -0.05) is 6.92 Å². The molecule has 8 heteroatoms. The summed E-state index contributed by atoms with van der Waals surface area (Å²) in [6.07, 6.45) is -4.53. The van der Waals surface area contributed by atoms with Crippen molar-refractivity contribution in [1.82, 2.24) is 5.32 Å². The van der Waals surface area contributed by atoms with Gasteiger partial charge in [0.15, 0.2) is 0 Å². The highest BCUT2D eigenvalue weighted by Gasteiger charge is 2.30. The topological polar surface area (TPSA) is 70.6 Å². The van der Waals surface area contributed by atoms with Crippen LogP contribution in [0.2, 0.25) is 0 Å². The van der Waals surface area contributed by atoms with Crippen LogP contribution in [0, 0.1) is 5.92 Å². The lowest BCUT2D eigenvalue weighted by Gasteiger charge is -2.16. The molecule has 0 fully saturated rings. The Morgan fingerprint density at radius 3 is 2.39 bits per heavy atom. The Kier molecular flexibility index (Phi) is 7.31. The van der Waals surface area contributed by atoms with Gasteiger partial charge in [0, 0.05) is 31.3 Å². The molecule has 2 unspecified atom stereocenters. The van der Waals surface area contributed by atoms with Gasteiger partial charge in [0.05, 0.1) is 0 Å². The zero-order valence-electron chi connectivity index (χ0n) is 13.0. The van der Waals surface area contributed by atoms with Crippen LogP contribution >= 0.6 is 0 Å². The van der Waals surface area contributed by atoms with E-state index in [1.165, 1.54) is 12.1 Å². The molecule has 2 atom stereocenters. The van der Waals surface area contributed by atoms with E-state index in [2.05, 4.69) is 15.4 Å². The summed E-state index contributed by atoms with van der Waals surface area (Å²) >= 11 is 0. The first kappa shape index (κ1) is 19.2. The molecule has 0 saturated carbocycles. The van der Waals surface area contributed by atoms with Gasteiger partial charge in [-0.3, -0.25) is 4.79 Å². The van der Waals surface area contributed by atoms with E-state index in [1.54, 1.807) is 0 Å². The minimum atomic E-state index is -4.74. The summed E-state index contributed by atoms with van der Waals surface area (Å²) in [6, 6.07) is 4.86. The average molecular weight is 334 g/mol. The first-order valence-electron chi connectivity index (χ1n) is 7.19. The number of carbonyl (C=O) groups is 1. The number of nitrogens with one attached hydrogen (secondary N) is 2. The van der Waals surface area contributed by atoms with Crippen LogP contribution in [0.25, 0.3) is 0 Å². The van der Waals surface area contributed by atoms with Crippen LogP contribution < -0.4 is 15.4 Å². The highest BCUT2D eigenvalue weighted by atomic mass is 19.4. The molecule has 0 saturated heterocycles. The summed E-state index contributed by atoms with van der Waals surface area (Å²) in [5, 5.41) is 14.6. The Hall–Kier alpha value is -1.80. The van der Waals surface area contributed by atoms with E-state index in [-0.39, 0.29) is 36.6 Å². The van der Waals surface area contributed by atoms with Crippen molar-refractivity contribution < 1.29 is 27.8 Å². The van der Waals surface area contributed by atoms with Gasteiger partial charge in [-0.15, -0.1) is 13.2 Å². The summed E-state index contributed by atoms with van der Waals surface area (Å²) in [6.45, 7) is 4.38. The predicted molar refractivity (Wildman–Crippen MR) is 80.1 cm³/mol. The van der Waals surface area contributed by atoms with E-state index in [0.717, 1.165) is 12.1 Å². The van der Waals surface area contributed by atoms with Crippen molar-refractivity contribution in [2.45, 2.75) is 32.7 Å². The van der Waals surface area contributed by atoms with Crippen LogP contribution in [0.4, 0.5) is 18.9 Å². The monoisotopic (exact) mass is 334 g/mol. The van der Waals surface area contributed by atoms with Gasteiger partial charge in [-0.05, 0) is 37.1 Å². The number of anilines is 1. The lowest BCUT2D eigenvalue weighted by molar-refractivity contribution is -0.274. The van der Waals surface area contributed by atoms with E-state index >= 15 is 0 Å². The van der Waals surface area contributed by atoms with Gasteiger partial charge in [0.2, 0.25) is 5.91 Å². The van der Waals surface area contributed by atoms with E-state index in [0.29, 0.717) is 12.2 Å². The highest BCUT2D eigenvalue weighted by Crippen LogP contribution is 2.23. The average Bonchev–Trinajstić information content (AvgIpc) is 2.45. The lowest BCUT2D eigenvalue weighted by atomic mass is 10.1. The zero-order valence-corrected chi connectivity index (χ0v) is 13.0. The second-order valence-corrected chi connectivity index (χ2v) is 5.42. The number of alkyl halides is 3. The molecule has 1 aromatic carbocycles. The Balaban J connectivity index is 2.42. The van der Waals surface area contributed by atoms with Crippen molar-refractivity contribution in [3.05, 3.63) is 24.3 Å². The predicted octanol–water partition coefficient (Wildman–Crippen LogP) is 2.52.